The minimum Gasteiger partial charge on any atom is -0.334 e. The van der Waals surface area contributed by atoms with Gasteiger partial charge in [0.1, 0.15) is 0 Å². The van der Waals surface area contributed by atoms with E-state index >= 15 is 0 Å². The van der Waals surface area contributed by atoms with Crippen molar-refractivity contribution in [2.24, 2.45) is 5.92 Å². The summed E-state index contributed by atoms with van der Waals surface area (Å²) in [6.07, 6.45) is 10.7. The van der Waals surface area contributed by atoms with Gasteiger partial charge in [-0.05, 0) is 43.9 Å². The summed E-state index contributed by atoms with van der Waals surface area (Å²) in [6, 6.07) is 10.5. The summed E-state index contributed by atoms with van der Waals surface area (Å²) < 4.78 is 2.10. The number of amides is 1. The van der Waals surface area contributed by atoms with Crippen LogP contribution in [0.3, 0.4) is 0 Å². The maximum atomic E-state index is 13.2. The maximum Gasteiger partial charge on any atom is 0.234 e. The fourth-order valence-electron chi connectivity index (χ4n) is 6.00. The van der Waals surface area contributed by atoms with Gasteiger partial charge in [0.25, 0.3) is 0 Å². The number of fused-ring (bicyclic) bond motifs is 3. The molecular weight excluding hydrogens is 422 g/mol. The Morgan fingerprint density at radius 1 is 1.03 bits per heavy atom. The average Bonchev–Trinajstić information content (AvgIpc) is 3.52. The summed E-state index contributed by atoms with van der Waals surface area (Å²) in [5, 5.41) is 0.719. The van der Waals surface area contributed by atoms with E-state index in [1.54, 1.807) is 6.20 Å². The number of nitrogens with zero attached hydrogens (tertiary/aromatic N) is 5. The van der Waals surface area contributed by atoms with Crippen LogP contribution in [0.4, 0.5) is 0 Å². The molecule has 0 N–H and O–H groups in total. The first kappa shape index (κ1) is 20.2. The van der Waals surface area contributed by atoms with Crippen LogP contribution in [0.15, 0.2) is 42.7 Å². The molecule has 2 aromatic heterocycles. The quantitative estimate of drug-likeness (QED) is 0.591. The smallest absolute Gasteiger partial charge is 0.234 e. The summed E-state index contributed by atoms with van der Waals surface area (Å²) in [6.45, 7) is 2.66. The fraction of sp³-hybridized carbons (Fsp3) is 0.480. The number of hydrogen-bond acceptors (Lipinski definition) is 4. The Kier molecular flexibility index (Phi) is 5.15. The molecule has 1 aromatic carbocycles. The zero-order valence-corrected chi connectivity index (χ0v) is 18.9. The highest BCUT2D eigenvalue weighted by molar-refractivity contribution is 6.30. The Hall–Kier alpha value is -2.44. The standard InChI is InChI=1S/C25H28ClN5O/c26-19-8-6-17(7-9-19)23-22(30-13-3-12-27-25(30)28-23)16-29-14-20-10-11-21(15-29)31(20)24(32)18-4-1-2-5-18/h3,6-9,12-13,18,20-21H,1-2,4-5,10-11,14-16H2. The van der Waals surface area contributed by atoms with E-state index < -0.39 is 0 Å². The molecule has 1 amide bonds. The third-order valence-electron chi connectivity index (χ3n) is 7.51. The van der Waals surface area contributed by atoms with Gasteiger partial charge in [0.15, 0.2) is 0 Å². The molecular formula is C25H28ClN5O. The normalized spacial score (nSPS) is 24.0. The van der Waals surface area contributed by atoms with Crippen molar-refractivity contribution >= 4 is 23.3 Å². The molecule has 1 aliphatic carbocycles. The predicted octanol–water partition coefficient (Wildman–Crippen LogP) is 4.42. The number of carbonyl (C=O) groups excluding carboxylic acids is 1. The van der Waals surface area contributed by atoms with Crippen molar-refractivity contribution in [2.45, 2.75) is 57.2 Å². The van der Waals surface area contributed by atoms with E-state index in [-0.39, 0.29) is 5.92 Å². The van der Waals surface area contributed by atoms with Crippen molar-refractivity contribution in [1.82, 2.24) is 24.2 Å². The number of aromatic nitrogens is 3. The molecule has 1 saturated carbocycles. The average molecular weight is 450 g/mol. The molecule has 7 heteroatoms. The number of likely N-dealkylation sites (tertiary alicyclic amines) is 1. The van der Waals surface area contributed by atoms with Crippen LogP contribution in [0.2, 0.25) is 5.02 Å². The Balaban J connectivity index is 1.27. The molecule has 32 heavy (non-hydrogen) atoms. The minimum atomic E-state index is 0.269. The van der Waals surface area contributed by atoms with Crippen LogP contribution in [0, 0.1) is 5.92 Å². The fourth-order valence-corrected chi connectivity index (χ4v) is 6.13. The highest BCUT2D eigenvalue weighted by Gasteiger charge is 2.44. The van der Waals surface area contributed by atoms with Crippen molar-refractivity contribution in [3.8, 4) is 11.3 Å². The van der Waals surface area contributed by atoms with Gasteiger partial charge in [0.2, 0.25) is 11.7 Å². The molecule has 3 aliphatic rings. The molecule has 2 bridgehead atoms. The number of carbonyl (C=O) groups is 1. The first-order valence-corrected chi connectivity index (χ1v) is 12.2. The van der Waals surface area contributed by atoms with Crippen molar-refractivity contribution < 1.29 is 4.79 Å². The molecule has 2 unspecified atom stereocenters. The van der Waals surface area contributed by atoms with Gasteiger partial charge in [-0.15, -0.1) is 0 Å². The molecule has 2 atom stereocenters. The summed E-state index contributed by atoms with van der Waals surface area (Å²) in [5.41, 5.74) is 3.15. The van der Waals surface area contributed by atoms with Gasteiger partial charge in [-0.3, -0.25) is 14.1 Å². The third-order valence-corrected chi connectivity index (χ3v) is 7.76. The minimum absolute atomic E-state index is 0.269. The van der Waals surface area contributed by atoms with Crippen LogP contribution >= 0.6 is 11.6 Å². The second-order valence-corrected chi connectivity index (χ2v) is 9.95. The largest absolute Gasteiger partial charge is 0.334 e. The van der Waals surface area contributed by atoms with E-state index in [1.807, 2.05) is 36.5 Å². The molecule has 3 aromatic rings. The van der Waals surface area contributed by atoms with Crippen LogP contribution in [-0.2, 0) is 11.3 Å². The van der Waals surface area contributed by atoms with E-state index in [9.17, 15) is 4.79 Å². The van der Waals surface area contributed by atoms with Gasteiger partial charge >= 0.3 is 0 Å². The Morgan fingerprint density at radius 3 is 2.47 bits per heavy atom. The van der Waals surface area contributed by atoms with Crippen LogP contribution < -0.4 is 0 Å². The lowest BCUT2D eigenvalue weighted by Crippen LogP contribution is -2.56. The zero-order valence-electron chi connectivity index (χ0n) is 18.2. The van der Waals surface area contributed by atoms with Gasteiger partial charge in [-0.1, -0.05) is 36.6 Å². The van der Waals surface area contributed by atoms with Crippen LogP contribution in [0.1, 0.15) is 44.2 Å². The van der Waals surface area contributed by atoms with Gasteiger partial charge in [0.05, 0.1) is 11.4 Å². The summed E-state index contributed by atoms with van der Waals surface area (Å²) in [5.74, 6) is 1.41. The van der Waals surface area contributed by atoms with Crippen LogP contribution in [-0.4, -0.2) is 55.2 Å². The maximum absolute atomic E-state index is 13.2. The van der Waals surface area contributed by atoms with Crippen molar-refractivity contribution in [2.75, 3.05) is 13.1 Å². The van der Waals surface area contributed by atoms with Crippen LogP contribution in [0.5, 0.6) is 0 Å². The topological polar surface area (TPSA) is 53.7 Å². The molecule has 3 fully saturated rings. The molecule has 166 valence electrons. The van der Waals surface area contributed by atoms with E-state index in [2.05, 4.69) is 19.2 Å². The van der Waals surface area contributed by atoms with E-state index in [4.69, 9.17) is 16.6 Å². The Bertz CT molecular complexity index is 1120. The molecule has 6 nitrogen and oxygen atoms in total. The summed E-state index contributed by atoms with van der Waals surface area (Å²) in [7, 11) is 0. The van der Waals surface area contributed by atoms with E-state index in [0.29, 0.717) is 23.8 Å². The van der Waals surface area contributed by atoms with Gasteiger partial charge in [-0.2, -0.15) is 0 Å². The molecule has 4 heterocycles. The van der Waals surface area contributed by atoms with E-state index in [1.165, 1.54) is 12.8 Å². The van der Waals surface area contributed by atoms with Gasteiger partial charge in [-0.25, -0.2) is 9.97 Å². The zero-order chi connectivity index (χ0) is 21.7. The number of hydrogen-bond donors (Lipinski definition) is 0. The Morgan fingerprint density at radius 2 is 1.75 bits per heavy atom. The monoisotopic (exact) mass is 449 g/mol. The number of halogens is 1. The predicted molar refractivity (Wildman–Crippen MR) is 124 cm³/mol. The van der Waals surface area contributed by atoms with Crippen molar-refractivity contribution in [3.63, 3.8) is 0 Å². The summed E-state index contributed by atoms with van der Waals surface area (Å²) >= 11 is 6.12. The van der Waals surface area contributed by atoms with Gasteiger partial charge in [0, 0.05) is 60.6 Å². The van der Waals surface area contributed by atoms with Gasteiger partial charge < -0.3 is 4.90 Å². The Labute approximate surface area is 193 Å². The molecule has 0 radical (unpaired) electrons. The lowest BCUT2D eigenvalue weighted by molar-refractivity contribution is -0.141. The molecule has 0 spiro atoms. The first-order chi connectivity index (χ1) is 15.7. The lowest BCUT2D eigenvalue weighted by Gasteiger charge is -2.42. The number of benzene rings is 1. The molecule has 2 saturated heterocycles. The number of piperazine rings is 1. The van der Waals surface area contributed by atoms with Crippen LogP contribution in [0.25, 0.3) is 17.0 Å². The molecule has 2 aliphatic heterocycles. The highest BCUT2D eigenvalue weighted by Crippen LogP contribution is 2.36. The van der Waals surface area contributed by atoms with Crippen molar-refractivity contribution in [3.05, 3.63) is 53.4 Å². The second-order valence-electron chi connectivity index (χ2n) is 9.51. The summed E-state index contributed by atoms with van der Waals surface area (Å²) in [4.78, 5) is 27.3. The molecule has 6 rings (SSSR count). The third kappa shape index (κ3) is 3.50. The first-order valence-electron chi connectivity index (χ1n) is 11.8. The number of imidazole rings is 1. The highest BCUT2D eigenvalue weighted by atomic mass is 35.5. The van der Waals surface area contributed by atoms with E-state index in [0.717, 1.165) is 67.3 Å². The lowest BCUT2D eigenvalue weighted by atomic mass is 10.0. The second kappa shape index (κ2) is 8.16. The number of rotatable bonds is 4. The van der Waals surface area contributed by atoms with Crippen molar-refractivity contribution in [1.29, 1.82) is 0 Å². The SMILES string of the molecule is O=C(C1CCCC1)N1C2CCC1CN(Cc1c(-c3ccc(Cl)cc3)nc3ncccn13)C2.